The van der Waals surface area contributed by atoms with E-state index in [-0.39, 0.29) is 11.3 Å². The van der Waals surface area contributed by atoms with Gasteiger partial charge in [-0.2, -0.15) is 0 Å². The maximum Gasteiger partial charge on any atom is 0.339 e. The van der Waals surface area contributed by atoms with Crippen molar-refractivity contribution in [3.05, 3.63) is 53.6 Å². The van der Waals surface area contributed by atoms with Crippen LogP contribution in [-0.2, 0) is 4.79 Å². The fourth-order valence-corrected chi connectivity index (χ4v) is 4.02. The maximum atomic E-state index is 11.2. The molecule has 2 aromatic rings. The molecule has 3 rings (SSSR count). The van der Waals surface area contributed by atoms with Crippen LogP contribution in [0.4, 0.5) is 5.69 Å². The fourth-order valence-electron chi connectivity index (χ4n) is 3.27. The van der Waals surface area contributed by atoms with Gasteiger partial charge in [0.15, 0.2) is 0 Å². The number of aromatic hydroxyl groups is 1. The number of phenols is 1. The van der Waals surface area contributed by atoms with Crippen molar-refractivity contribution in [1.29, 1.82) is 0 Å². The molecule has 32 heavy (non-hydrogen) atoms. The molecule has 0 bridgehead atoms. The molecular formula is C24H33N3O4S. The lowest BCUT2D eigenvalue weighted by atomic mass is 9.97. The summed E-state index contributed by atoms with van der Waals surface area (Å²) in [6.45, 7) is 7.80. The summed E-state index contributed by atoms with van der Waals surface area (Å²) in [4.78, 5) is 24.9. The van der Waals surface area contributed by atoms with Crippen molar-refractivity contribution in [2.75, 3.05) is 38.1 Å². The van der Waals surface area contributed by atoms with Gasteiger partial charge in [-0.05, 0) is 82.0 Å². The van der Waals surface area contributed by atoms with Gasteiger partial charge in [0.1, 0.15) is 11.3 Å². The number of anilines is 1. The minimum atomic E-state index is -1.19. The van der Waals surface area contributed by atoms with Crippen LogP contribution in [0.25, 0.3) is 0 Å². The minimum Gasteiger partial charge on any atom is -0.507 e. The number of aryl methyl sites for hydroxylation is 1. The predicted molar refractivity (Wildman–Crippen MR) is 129 cm³/mol. The molecule has 1 saturated heterocycles. The Kier molecular flexibility index (Phi) is 10.5. The lowest BCUT2D eigenvalue weighted by Crippen LogP contribution is -2.35. The highest BCUT2D eigenvalue weighted by Gasteiger charge is 2.18. The first-order valence-corrected chi connectivity index (χ1v) is 11.6. The van der Waals surface area contributed by atoms with Gasteiger partial charge in [0.05, 0.1) is 0 Å². The second-order valence-electron chi connectivity index (χ2n) is 7.81. The van der Waals surface area contributed by atoms with Gasteiger partial charge >= 0.3 is 5.97 Å². The van der Waals surface area contributed by atoms with Crippen LogP contribution in [0.2, 0.25) is 0 Å². The molecule has 3 N–H and O–H groups in total. The zero-order valence-electron chi connectivity index (χ0n) is 19.0. The molecule has 8 heteroatoms. The summed E-state index contributed by atoms with van der Waals surface area (Å²) in [5.41, 5.74) is 1.67. The number of carboxylic acids is 1. The molecule has 0 aliphatic carbocycles. The van der Waals surface area contributed by atoms with E-state index in [1.807, 2.05) is 0 Å². The van der Waals surface area contributed by atoms with Crippen LogP contribution in [0.15, 0.2) is 47.4 Å². The standard InChI is InChI=1S/C14H18N2O4.C10H15NS/c17-9-16(8-10-3-5-15-6-4-10)11-1-2-12(14(19)20)13(18)7-11;1-4-11(3)12-10-7-5-9(2)6-8-10/h1-2,7,9-10,15,18H,3-6,8H2,(H,19,20);5-8H,4H2,1-3H3. The van der Waals surface area contributed by atoms with Gasteiger partial charge in [0, 0.05) is 29.7 Å². The van der Waals surface area contributed by atoms with Crippen LogP contribution in [0, 0.1) is 12.8 Å². The van der Waals surface area contributed by atoms with Crippen LogP contribution in [-0.4, -0.2) is 60.1 Å². The number of hydrogen-bond acceptors (Lipinski definition) is 6. The molecule has 0 saturated carbocycles. The van der Waals surface area contributed by atoms with Gasteiger partial charge in [0.25, 0.3) is 0 Å². The summed E-state index contributed by atoms with van der Waals surface area (Å²) in [7, 11) is 2.10. The third-order valence-electron chi connectivity index (χ3n) is 5.31. The molecule has 2 aromatic carbocycles. The first kappa shape index (κ1) is 25.7. The number of aromatic carboxylic acids is 1. The van der Waals surface area contributed by atoms with Crippen molar-refractivity contribution in [2.45, 2.75) is 31.6 Å². The number of rotatable bonds is 8. The van der Waals surface area contributed by atoms with E-state index in [4.69, 9.17) is 5.11 Å². The Morgan fingerprint density at radius 3 is 2.38 bits per heavy atom. The van der Waals surface area contributed by atoms with Gasteiger partial charge in [-0.25, -0.2) is 9.10 Å². The number of piperidine rings is 1. The lowest BCUT2D eigenvalue weighted by Gasteiger charge is -2.27. The average Bonchev–Trinajstić information content (AvgIpc) is 2.79. The SMILES string of the molecule is CCN(C)Sc1ccc(C)cc1.O=CN(CC1CCNCC1)c1ccc(C(=O)O)c(O)c1. The minimum absolute atomic E-state index is 0.165. The fraction of sp³-hybridized carbons (Fsp3) is 0.417. The zero-order chi connectivity index (χ0) is 23.5. The third-order valence-corrected chi connectivity index (χ3v) is 6.36. The molecule has 0 radical (unpaired) electrons. The third kappa shape index (κ3) is 8.18. The number of carbonyl (C=O) groups excluding carboxylic acids is 1. The quantitative estimate of drug-likeness (QED) is 0.406. The predicted octanol–water partition coefficient (Wildman–Crippen LogP) is 4.01. The van der Waals surface area contributed by atoms with Crippen LogP contribution < -0.4 is 10.2 Å². The number of carbonyl (C=O) groups is 2. The molecule has 1 aliphatic heterocycles. The molecule has 1 amide bonds. The van der Waals surface area contributed by atoms with Crippen molar-refractivity contribution in [1.82, 2.24) is 9.62 Å². The molecule has 7 nitrogen and oxygen atoms in total. The monoisotopic (exact) mass is 459 g/mol. The van der Waals surface area contributed by atoms with E-state index in [9.17, 15) is 14.7 Å². The molecule has 0 aromatic heterocycles. The van der Waals surface area contributed by atoms with E-state index < -0.39 is 5.97 Å². The van der Waals surface area contributed by atoms with Crippen molar-refractivity contribution in [3.8, 4) is 5.75 Å². The summed E-state index contributed by atoms with van der Waals surface area (Å²) < 4.78 is 2.21. The Morgan fingerprint density at radius 2 is 1.84 bits per heavy atom. The van der Waals surface area contributed by atoms with Crippen molar-refractivity contribution in [2.24, 2.45) is 5.92 Å². The normalized spacial score (nSPS) is 13.9. The molecular weight excluding hydrogens is 426 g/mol. The van der Waals surface area contributed by atoms with Crippen molar-refractivity contribution in [3.63, 3.8) is 0 Å². The molecule has 0 spiro atoms. The highest BCUT2D eigenvalue weighted by atomic mass is 32.2. The molecule has 174 valence electrons. The number of nitrogens with one attached hydrogen (secondary N) is 1. The largest absolute Gasteiger partial charge is 0.507 e. The lowest BCUT2D eigenvalue weighted by molar-refractivity contribution is -0.107. The number of carboxylic acid groups (broad SMARTS) is 1. The Balaban J connectivity index is 0.000000258. The summed E-state index contributed by atoms with van der Waals surface area (Å²) in [6, 6.07) is 12.8. The van der Waals surface area contributed by atoms with Crippen molar-refractivity contribution < 1.29 is 19.8 Å². The highest BCUT2D eigenvalue weighted by molar-refractivity contribution is 7.97. The van der Waals surface area contributed by atoms with Crippen LogP contribution in [0.3, 0.4) is 0 Å². The van der Waals surface area contributed by atoms with Gasteiger partial charge in [-0.15, -0.1) is 0 Å². The van der Waals surface area contributed by atoms with E-state index in [1.165, 1.54) is 27.5 Å². The second-order valence-corrected chi connectivity index (χ2v) is 9.08. The van der Waals surface area contributed by atoms with E-state index in [2.05, 4.69) is 54.8 Å². The average molecular weight is 460 g/mol. The first-order valence-electron chi connectivity index (χ1n) is 10.8. The number of nitrogens with zero attached hydrogens (tertiary/aromatic N) is 2. The van der Waals surface area contributed by atoms with E-state index in [0.717, 1.165) is 38.9 Å². The van der Waals surface area contributed by atoms with E-state index in [0.29, 0.717) is 18.2 Å². The van der Waals surface area contributed by atoms with Gasteiger partial charge in [-0.1, -0.05) is 24.6 Å². The van der Waals surface area contributed by atoms with Gasteiger partial charge < -0.3 is 20.4 Å². The molecule has 0 unspecified atom stereocenters. The summed E-state index contributed by atoms with van der Waals surface area (Å²) in [6.07, 6.45) is 2.73. The van der Waals surface area contributed by atoms with Crippen LogP contribution in [0.1, 0.15) is 35.7 Å². The van der Waals surface area contributed by atoms with Crippen LogP contribution >= 0.6 is 11.9 Å². The Bertz CT molecular complexity index is 870. The number of hydrogen-bond donors (Lipinski definition) is 3. The zero-order valence-corrected chi connectivity index (χ0v) is 19.8. The summed E-state index contributed by atoms with van der Waals surface area (Å²) in [5, 5.41) is 21.8. The Labute approximate surface area is 194 Å². The van der Waals surface area contributed by atoms with E-state index >= 15 is 0 Å². The summed E-state index contributed by atoms with van der Waals surface area (Å²) >= 11 is 1.79. The summed E-state index contributed by atoms with van der Waals surface area (Å²) in [5.74, 6) is -1.10. The molecule has 1 heterocycles. The Hall–Kier alpha value is -2.55. The number of amides is 1. The molecule has 0 atom stereocenters. The van der Waals surface area contributed by atoms with E-state index in [1.54, 1.807) is 18.0 Å². The Morgan fingerprint density at radius 1 is 1.19 bits per heavy atom. The highest BCUT2D eigenvalue weighted by Crippen LogP contribution is 2.26. The molecule has 1 aliphatic rings. The first-order chi connectivity index (χ1) is 15.3. The number of benzene rings is 2. The van der Waals surface area contributed by atoms with Crippen molar-refractivity contribution >= 4 is 30.0 Å². The maximum absolute atomic E-state index is 11.2. The van der Waals surface area contributed by atoms with Crippen LogP contribution in [0.5, 0.6) is 5.75 Å². The topological polar surface area (TPSA) is 93.1 Å². The second kappa shape index (κ2) is 13.1. The van der Waals surface area contributed by atoms with Gasteiger partial charge in [0.2, 0.25) is 6.41 Å². The smallest absolute Gasteiger partial charge is 0.339 e. The van der Waals surface area contributed by atoms with Gasteiger partial charge in [-0.3, -0.25) is 4.79 Å². The molecule has 1 fully saturated rings.